The Kier molecular flexibility index (Phi) is 5.76. The van der Waals surface area contributed by atoms with E-state index >= 15 is 0 Å². The first-order valence-corrected chi connectivity index (χ1v) is 7.74. The van der Waals surface area contributed by atoms with Crippen LogP contribution in [-0.2, 0) is 11.3 Å². The van der Waals surface area contributed by atoms with Gasteiger partial charge in [-0.1, -0.05) is 26.7 Å². The summed E-state index contributed by atoms with van der Waals surface area (Å²) in [5.74, 6) is 8.91. The fourth-order valence-corrected chi connectivity index (χ4v) is 3.17. The van der Waals surface area contributed by atoms with Crippen molar-refractivity contribution in [3.8, 4) is 0 Å². The van der Waals surface area contributed by atoms with Gasteiger partial charge in [0.15, 0.2) is 5.82 Å². The molecule has 4 N–H and O–H groups in total. The molecule has 6 nitrogen and oxygen atoms in total. The predicted molar refractivity (Wildman–Crippen MR) is 84.8 cm³/mol. The summed E-state index contributed by atoms with van der Waals surface area (Å²) >= 11 is 0. The van der Waals surface area contributed by atoms with Crippen LogP contribution in [0.15, 0.2) is 6.07 Å². The lowest BCUT2D eigenvalue weighted by Gasteiger charge is -2.35. The van der Waals surface area contributed by atoms with Crippen molar-refractivity contribution in [2.45, 2.75) is 52.2 Å². The molecule has 21 heavy (non-hydrogen) atoms. The molecule has 0 amide bonds. The molecule has 1 aliphatic carbocycles. The molecule has 1 aliphatic rings. The first-order chi connectivity index (χ1) is 10.1. The second-order valence-corrected chi connectivity index (χ2v) is 6.08. The van der Waals surface area contributed by atoms with Crippen molar-refractivity contribution in [3.05, 3.63) is 11.9 Å². The second-order valence-electron chi connectivity index (χ2n) is 6.08. The highest BCUT2D eigenvalue weighted by Crippen LogP contribution is 2.32. The minimum atomic E-state index is 0.377. The number of methoxy groups -OCH3 is 1. The third kappa shape index (κ3) is 4.28. The van der Waals surface area contributed by atoms with Crippen molar-refractivity contribution in [2.24, 2.45) is 17.7 Å². The van der Waals surface area contributed by atoms with Gasteiger partial charge in [0.1, 0.15) is 18.2 Å². The normalized spacial score (nSPS) is 22.3. The van der Waals surface area contributed by atoms with Gasteiger partial charge in [0.2, 0.25) is 0 Å². The maximum Gasteiger partial charge on any atom is 0.158 e. The fraction of sp³-hybridized carbons (Fsp3) is 0.733. The summed E-state index contributed by atoms with van der Waals surface area (Å²) in [5.41, 5.74) is 2.59. The third-order valence-electron chi connectivity index (χ3n) is 4.20. The summed E-state index contributed by atoms with van der Waals surface area (Å²) in [6, 6.07) is 2.32. The highest BCUT2D eigenvalue weighted by Gasteiger charge is 2.27. The number of anilines is 2. The van der Waals surface area contributed by atoms with E-state index in [0.29, 0.717) is 36.1 Å². The number of aromatic nitrogens is 2. The number of nitrogens with one attached hydrogen (secondary N) is 2. The molecule has 1 fully saturated rings. The number of hydrazine groups is 1. The molecule has 1 aromatic rings. The number of hydrogen-bond acceptors (Lipinski definition) is 6. The summed E-state index contributed by atoms with van der Waals surface area (Å²) in [4.78, 5) is 8.79. The molecule has 0 radical (unpaired) electrons. The van der Waals surface area contributed by atoms with Gasteiger partial charge in [-0.25, -0.2) is 15.8 Å². The Hall–Kier alpha value is -1.40. The molecule has 2 rings (SSSR count). The molecular weight excluding hydrogens is 266 g/mol. The molecule has 6 heteroatoms. The Bertz CT molecular complexity index is 452. The van der Waals surface area contributed by atoms with Gasteiger partial charge >= 0.3 is 0 Å². The molecular formula is C15H27N5O. The fourth-order valence-electron chi connectivity index (χ4n) is 3.17. The van der Waals surface area contributed by atoms with E-state index in [1.807, 2.05) is 6.07 Å². The molecule has 2 unspecified atom stereocenters. The van der Waals surface area contributed by atoms with Crippen LogP contribution in [0.2, 0.25) is 0 Å². The maximum absolute atomic E-state index is 5.48. The molecule has 118 valence electrons. The van der Waals surface area contributed by atoms with Crippen molar-refractivity contribution >= 4 is 11.6 Å². The van der Waals surface area contributed by atoms with E-state index < -0.39 is 0 Å². The van der Waals surface area contributed by atoms with Crippen molar-refractivity contribution in [1.29, 1.82) is 0 Å². The van der Waals surface area contributed by atoms with E-state index in [9.17, 15) is 0 Å². The van der Waals surface area contributed by atoms with Gasteiger partial charge in [-0.05, 0) is 24.7 Å². The Morgan fingerprint density at radius 2 is 2.00 bits per heavy atom. The molecule has 1 saturated carbocycles. The van der Waals surface area contributed by atoms with Crippen LogP contribution < -0.4 is 16.6 Å². The van der Waals surface area contributed by atoms with Gasteiger partial charge in [0, 0.05) is 19.2 Å². The van der Waals surface area contributed by atoms with E-state index in [0.717, 1.165) is 5.82 Å². The topological polar surface area (TPSA) is 85.1 Å². The molecule has 1 aromatic heterocycles. The largest absolute Gasteiger partial charge is 0.377 e. The summed E-state index contributed by atoms with van der Waals surface area (Å²) in [6.45, 7) is 4.98. The summed E-state index contributed by atoms with van der Waals surface area (Å²) < 4.78 is 5.11. The van der Waals surface area contributed by atoms with Crippen LogP contribution in [0, 0.1) is 11.8 Å². The predicted octanol–water partition coefficient (Wildman–Crippen LogP) is 2.54. The number of nitrogen functional groups attached to an aromatic ring is 1. The zero-order chi connectivity index (χ0) is 15.2. The summed E-state index contributed by atoms with van der Waals surface area (Å²) in [7, 11) is 1.63. The van der Waals surface area contributed by atoms with E-state index in [1.165, 1.54) is 25.7 Å². The van der Waals surface area contributed by atoms with Crippen molar-refractivity contribution in [1.82, 2.24) is 9.97 Å². The smallest absolute Gasteiger partial charge is 0.158 e. The molecule has 0 spiro atoms. The lowest BCUT2D eigenvalue weighted by Crippen LogP contribution is -2.35. The minimum absolute atomic E-state index is 0.377. The van der Waals surface area contributed by atoms with Gasteiger partial charge in [-0.2, -0.15) is 0 Å². The van der Waals surface area contributed by atoms with Crippen LogP contribution >= 0.6 is 0 Å². The number of rotatable bonds is 6. The van der Waals surface area contributed by atoms with Crippen LogP contribution in [0.5, 0.6) is 0 Å². The van der Waals surface area contributed by atoms with E-state index in [4.69, 9.17) is 10.6 Å². The lowest BCUT2D eigenvalue weighted by molar-refractivity contribution is 0.178. The summed E-state index contributed by atoms with van der Waals surface area (Å²) in [5, 5.41) is 3.58. The van der Waals surface area contributed by atoms with E-state index in [2.05, 4.69) is 34.6 Å². The first kappa shape index (κ1) is 16.0. The summed E-state index contributed by atoms with van der Waals surface area (Å²) in [6.07, 6.45) is 5.08. The van der Waals surface area contributed by atoms with Crippen molar-refractivity contribution in [3.63, 3.8) is 0 Å². The van der Waals surface area contributed by atoms with Gasteiger partial charge in [0.25, 0.3) is 0 Å². The average Bonchev–Trinajstić information content (AvgIpc) is 2.47. The molecule has 0 aromatic carbocycles. The van der Waals surface area contributed by atoms with Gasteiger partial charge in [-0.15, -0.1) is 0 Å². The molecule has 0 bridgehead atoms. The Labute approximate surface area is 126 Å². The Balaban J connectivity index is 2.14. The zero-order valence-electron chi connectivity index (χ0n) is 13.2. The van der Waals surface area contributed by atoms with Crippen LogP contribution in [0.25, 0.3) is 0 Å². The number of nitrogens with zero attached hydrogens (tertiary/aromatic N) is 2. The van der Waals surface area contributed by atoms with E-state index in [1.54, 1.807) is 7.11 Å². The van der Waals surface area contributed by atoms with Crippen LogP contribution in [-0.4, -0.2) is 23.1 Å². The number of nitrogens with two attached hydrogens (primary N) is 1. The van der Waals surface area contributed by atoms with Crippen LogP contribution in [0.4, 0.5) is 11.6 Å². The Morgan fingerprint density at radius 3 is 2.67 bits per heavy atom. The van der Waals surface area contributed by atoms with Crippen LogP contribution in [0.3, 0.4) is 0 Å². The third-order valence-corrected chi connectivity index (χ3v) is 4.20. The maximum atomic E-state index is 5.48. The average molecular weight is 293 g/mol. The minimum Gasteiger partial charge on any atom is -0.377 e. The molecule has 0 saturated heterocycles. The second kappa shape index (κ2) is 7.56. The quantitative estimate of drug-likeness (QED) is 0.552. The molecule has 2 atom stereocenters. The Morgan fingerprint density at radius 1 is 1.29 bits per heavy atom. The van der Waals surface area contributed by atoms with Gasteiger partial charge in [-0.3, -0.25) is 0 Å². The lowest BCUT2D eigenvalue weighted by atomic mass is 9.78. The SMILES string of the molecule is COCc1nc(NN)cc(NC2CCCCC2C(C)C)n1. The van der Waals surface area contributed by atoms with Crippen LogP contribution in [0.1, 0.15) is 45.4 Å². The van der Waals surface area contributed by atoms with E-state index in [-0.39, 0.29) is 0 Å². The number of hydrogen-bond donors (Lipinski definition) is 3. The van der Waals surface area contributed by atoms with Gasteiger partial charge in [0.05, 0.1) is 0 Å². The first-order valence-electron chi connectivity index (χ1n) is 7.74. The highest BCUT2D eigenvalue weighted by molar-refractivity contribution is 5.47. The molecule has 1 heterocycles. The zero-order valence-corrected chi connectivity index (χ0v) is 13.2. The molecule has 0 aliphatic heterocycles. The monoisotopic (exact) mass is 293 g/mol. The van der Waals surface area contributed by atoms with Crippen molar-refractivity contribution < 1.29 is 4.74 Å². The van der Waals surface area contributed by atoms with Crippen molar-refractivity contribution in [2.75, 3.05) is 17.9 Å². The number of ether oxygens (including phenoxy) is 1. The van der Waals surface area contributed by atoms with Gasteiger partial charge < -0.3 is 15.5 Å². The standard InChI is InChI=1S/C15H27N5O/c1-10(2)11-6-4-5-7-12(11)17-13-8-14(20-16)19-15(18-13)9-21-3/h8,10-12H,4-7,9,16H2,1-3H3,(H2,17,18,19,20). The highest BCUT2D eigenvalue weighted by atomic mass is 16.5.